The number of rotatable bonds is 3. The Bertz CT molecular complexity index is 304. The van der Waals surface area contributed by atoms with E-state index in [1.54, 1.807) is 7.05 Å². The molecule has 5 heteroatoms. The lowest BCUT2D eigenvalue weighted by atomic mass is 10.2. The predicted molar refractivity (Wildman–Crippen MR) is 50.5 cm³/mol. The molecule has 1 rings (SSSR count). The Hall–Kier alpha value is -0.710. The van der Waals surface area contributed by atoms with Gasteiger partial charge >= 0.3 is 5.69 Å². The summed E-state index contributed by atoms with van der Waals surface area (Å²) in [5.41, 5.74) is -0.0661. The summed E-state index contributed by atoms with van der Waals surface area (Å²) >= 11 is 4.14. The summed E-state index contributed by atoms with van der Waals surface area (Å²) in [6.07, 6.45) is 1.52. The van der Waals surface area contributed by atoms with Gasteiger partial charge in [0.2, 0.25) is 0 Å². The monoisotopic (exact) mass is 187 g/mol. The lowest BCUT2D eigenvalue weighted by Gasteiger charge is -2.05. The van der Waals surface area contributed by atoms with Gasteiger partial charge in [-0.05, 0) is 11.7 Å². The fourth-order valence-electron chi connectivity index (χ4n) is 0.899. The molecule has 0 aliphatic heterocycles. The van der Waals surface area contributed by atoms with Crippen molar-refractivity contribution in [3.63, 3.8) is 0 Å². The van der Waals surface area contributed by atoms with E-state index < -0.39 is 0 Å². The Morgan fingerprint density at radius 1 is 1.75 bits per heavy atom. The summed E-state index contributed by atoms with van der Waals surface area (Å²) in [7, 11) is 1.69. The molecule has 0 saturated heterocycles. The highest BCUT2D eigenvalue weighted by molar-refractivity contribution is 7.80. The highest BCUT2D eigenvalue weighted by Crippen LogP contribution is 1.98. The van der Waals surface area contributed by atoms with E-state index in [1.165, 1.54) is 15.6 Å². The van der Waals surface area contributed by atoms with Crippen molar-refractivity contribution in [1.82, 2.24) is 14.3 Å². The summed E-state index contributed by atoms with van der Waals surface area (Å²) in [6, 6.07) is 0. The molecule has 0 N–H and O–H groups in total. The summed E-state index contributed by atoms with van der Waals surface area (Å²) < 4.78 is 2.92. The van der Waals surface area contributed by atoms with Gasteiger partial charge in [0.1, 0.15) is 6.33 Å². The van der Waals surface area contributed by atoms with E-state index in [-0.39, 0.29) is 5.69 Å². The van der Waals surface area contributed by atoms with Crippen molar-refractivity contribution in [2.45, 2.75) is 13.5 Å². The van der Waals surface area contributed by atoms with Crippen molar-refractivity contribution in [2.24, 2.45) is 13.0 Å². The third kappa shape index (κ3) is 1.91. The van der Waals surface area contributed by atoms with Gasteiger partial charge in [-0.1, -0.05) is 6.92 Å². The quantitative estimate of drug-likeness (QED) is 0.684. The second kappa shape index (κ2) is 3.80. The van der Waals surface area contributed by atoms with Crippen molar-refractivity contribution >= 4 is 12.6 Å². The SMILES string of the molecule is CC(CS)Cn1ncn(C)c1=O. The first kappa shape index (κ1) is 9.38. The van der Waals surface area contributed by atoms with Gasteiger partial charge in [0, 0.05) is 13.6 Å². The van der Waals surface area contributed by atoms with E-state index >= 15 is 0 Å². The second-order valence-electron chi connectivity index (χ2n) is 2.99. The van der Waals surface area contributed by atoms with Gasteiger partial charge in [0.05, 0.1) is 0 Å². The van der Waals surface area contributed by atoms with E-state index in [4.69, 9.17) is 0 Å². The van der Waals surface area contributed by atoms with E-state index in [1.807, 2.05) is 6.92 Å². The van der Waals surface area contributed by atoms with Crippen molar-refractivity contribution in [2.75, 3.05) is 5.75 Å². The largest absolute Gasteiger partial charge is 0.345 e. The first-order valence-electron chi connectivity index (χ1n) is 3.84. The van der Waals surface area contributed by atoms with E-state index in [0.29, 0.717) is 12.5 Å². The molecule has 0 radical (unpaired) electrons. The minimum Gasteiger partial charge on any atom is -0.285 e. The highest BCUT2D eigenvalue weighted by Gasteiger charge is 2.05. The molecule has 0 aromatic carbocycles. The van der Waals surface area contributed by atoms with Gasteiger partial charge in [-0.15, -0.1) is 0 Å². The second-order valence-corrected chi connectivity index (χ2v) is 3.36. The molecule has 12 heavy (non-hydrogen) atoms. The lowest BCUT2D eigenvalue weighted by Crippen LogP contribution is -2.25. The maximum Gasteiger partial charge on any atom is 0.345 e. The molecule has 68 valence electrons. The van der Waals surface area contributed by atoms with Crippen molar-refractivity contribution < 1.29 is 0 Å². The van der Waals surface area contributed by atoms with Gasteiger partial charge in [-0.25, -0.2) is 9.48 Å². The van der Waals surface area contributed by atoms with Crippen LogP contribution in [0, 0.1) is 5.92 Å². The zero-order valence-electron chi connectivity index (χ0n) is 7.27. The van der Waals surface area contributed by atoms with E-state index in [9.17, 15) is 4.79 Å². The molecule has 1 atom stereocenters. The van der Waals surface area contributed by atoms with Crippen LogP contribution in [0.1, 0.15) is 6.92 Å². The third-order valence-corrected chi connectivity index (χ3v) is 2.31. The number of thiol groups is 1. The number of hydrogen-bond acceptors (Lipinski definition) is 3. The van der Waals surface area contributed by atoms with Crippen LogP contribution in [0.15, 0.2) is 11.1 Å². The van der Waals surface area contributed by atoms with Crippen LogP contribution in [-0.4, -0.2) is 20.1 Å². The Morgan fingerprint density at radius 3 is 2.83 bits per heavy atom. The fraction of sp³-hybridized carbons (Fsp3) is 0.714. The number of aryl methyl sites for hydroxylation is 1. The lowest BCUT2D eigenvalue weighted by molar-refractivity contribution is 0.474. The standard InChI is InChI=1S/C7H13N3OS/c1-6(4-12)3-10-7(11)9(2)5-8-10/h5-6,12H,3-4H2,1-2H3. The summed E-state index contributed by atoms with van der Waals surface area (Å²) in [4.78, 5) is 11.3. The number of nitrogens with zero attached hydrogens (tertiary/aromatic N) is 3. The average molecular weight is 187 g/mol. The first-order valence-corrected chi connectivity index (χ1v) is 4.47. The maximum absolute atomic E-state index is 11.3. The highest BCUT2D eigenvalue weighted by atomic mass is 32.1. The van der Waals surface area contributed by atoms with Crippen LogP contribution in [0.2, 0.25) is 0 Å². The molecule has 0 saturated carbocycles. The van der Waals surface area contributed by atoms with Crippen LogP contribution < -0.4 is 5.69 Å². The predicted octanol–water partition coefficient (Wildman–Crippen LogP) is 0.148. The maximum atomic E-state index is 11.3. The molecule has 1 heterocycles. The number of hydrogen-bond donors (Lipinski definition) is 1. The van der Waals surface area contributed by atoms with Crippen LogP contribution in [0.25, 0.3) is 0 Å². The molecular weight excluding hydrogens is 174 g/mol. The van der Waals surface area contributed by atoms with Gasteiger partial charge in [0.25, 0.3) is 0 Å². The molecular formula is C7H13N3OS. The Balaban J connectivity index is 2.76. The smallest absolute Gasteiger partial charge is 0.285 e. The average Bonchev–Trinajstić information content (AvgIpc) is 2.36. The molecule has 0 fully saturated rings. The molecule has 0 aliphatic carbocycles. The van der Waals surface area contributed by atoms with Gasteiger partial charge in [-0.3, -0.25) is 4.57 Å². The van der Waals surface area contributed by atoms with Crippen molar-refractivity contribution in [3.8, 4) is 0 Å². The van der Waals surface area contributed by atoms with Gasteiger partial charge in [-0.2, -0.15) is 17.7 Å². The number of aromatic nitrogens is 3. The van der Waals surface area contributed by atoms with Crippen LogP contribution >= 0.6 is 12.6 Å². The molecule has 0 bridgehead atoms. The van der Waals surface area contributed by atoms with Crippen molar-refractivity contribution in [3.05, 3.63) is 16.8 Å². The van der Waals surface area contributed by atoms with Crippen LogP contribution in [-0.2, 0) is 13.6 Å². The Labute approximate surface area is 76.6 Å². The Morgan fingerprint density at radius 2 is 2.42 bits per heavy atom. The van der Waals surface area contributed by atoms with Crippen LogP contribution in [0.3, 0.4) is 0 Å². The van der Waals surface area contributed by atoms with Gasteiger partial charge in [0.15, 0.2) is 0 Å². The molecule has 1 aromatic heterocycles. The molecule has 1 aromatic rings. The van der Waals surface area contributed by atoms with Crippen LogP contribution in [0.5, 0.6) is 0 Å². The summed E-state index contributed by atoms with van der Waals surface area (Å²) in [5, 5.41) is 3.94. The zero-order valence-corrected chi connectivity index (χ0v) is 8.16. The summed E-state index contributed by atoms with van der Waals surface area (Å²) in [6.45, 7) is 2.68. The van der Waals surface area contributed by atoms with E-state index in [2.05, 4.69) is 17.7 Å². The normalized spacial score (nSPS) is 13.2. The molecule has 4 nitrogen and oxygen atoms in total. The minimum absolute atomic E-state index is 0.0661. The fourth-order valence-corrected chi connectivity index (χ4v) is 1.01. The minimum atomic E-state index is -0.0661. The Kier molecular flexibility index (Phi) is 2.97. The topological polar surface area (TPSA) is 39.8 Å². The zero-order chi connectivity index (χ0) is 9.14. The van der Waals surface area contributed by atoms with Gasteiger partial charge < -0.3 is 0 Å². The molecule has 0 amide bonds. The van der Waals surface area contributed by atoms with Crippen molar-refractivity contribution in [1.29, 1.82) is 0 Å². The van der Waals surface area contributed by atoms with Crippen LogP contribution in [0.4, 0.5) is 0 Å². The van der Waals surface area contributed by atoms with E-state index in [0.717, 1.165) is 5.75 Å². The summed E-state index contributed by atoms with van der Waals surface area (Å²) in [5.74, 6) is 1.14. The molecule has 0 aliphatic rings. The third-order valence-electron chi connectivity index (χ3n) is 1.68. The molecule has 1 unspecified atom stereocenters. The molecule has 0 spiro atoms. The first-order chi connectivity index (χ1) is 5.65.